The molecule has 0 aliphatic carbocycles. The monoisotopic (exact) mass is 265 g/mol. The van der Waals surface area contributed by atoms with Gasteiger partial charge in [0.2, 0.25) is 0 Å². The molecule has 1 aromatic carbocycles. The molecule has 0 saturated carbocycles. The summed E-state index contributed by atoms with van der Waals surface area (Å²) in [4.78, 5) is 11.8. The summed E-state index contributed by atoms with van der Waals surface area (Å²) in [5, 5.41) is 3.35. The van der Waals surface area contributed by atoms with Gasteiger partial charge in [-0.05, 0) is 43.7 Å². The Bertz CT molecular complexity index is 375. The number of carbonyl (C=O) groups is 1. The average Bonchev–Trinajstić information content (AvgIpc) is 2.47. The van der Waals surface area contributed by atoms with E-state index >= 15 is 0 Å². The van der Waals surface area contributed by atoms with Gasteiger partial charge in [0.25, 0.3) is 0 Å². The third-order valence-corrected chi connectivity index (χ3v) is 2.92. The van der Waals surface area contributed by atoms with Crippen LogP contribution < -0.4 is 10.1 Å². The van der Waals surface area contributed by atoms with Gasteiger partial charge in [-0.2, -0.15) is 0 Å². The lowest BCUT2D eigenvalue weighted by molar-refractivity contribution is 0.0463. The fraction of sp³-hybridized carbons (Fsp3) is 0.533. The zero-order chi connectivity index (χ0) is 14.1. The lowest BCUT2D eigenvalue weighted by Gasteiger charge is -2.16. The Labute approximate surface area is 115 Å². The SMILES string of the molecule is CCCNC(CC)COC(=O)c1ccc(OC)cc1. The van der Waals surface area contributed by atoms with E-state index in [-0.39, 0.29) is 12.0 Å². The molecule has 4 heteroatoms. The van der Waals surface area contributed by atoms with E-state index in [0.717, 1.165) is 25.1 Å². The molecule has 1 aromatic rings. The van der Waals surface area contributed by atoms with E-state index < -0.39 is 0 Å². The summed E-state index contributed by atoms with van der Waals surface area (Å²) in [6.45, 7) is 5.54. The van der Waals surface area contributed by atoms with Crippen LogP contribution >= 0.6 is 0 Å². The van der Waals surface area contributed by atoms with Crippen LogP contribution in [-0.4, -0.2) is 32.3 Å². The topological polar surface area (TPSA) is 47.6 Å². The van der Waals surface area contributed by atoms with E-state index in [1.807, 2.05) is 0 Å². The maximum Gasteiger partial charge on any atom is 0.338 e. The smallest absolute Gasteiger partial charge is 0.338 e. The quantitative estimate of drug-likeness (QED) is 0.734. The summed E-state index contributed by atoms with van der Waals surface area (Å²) in [7, 11) is 1.60. The Morgan fingerprint density at radius 1 is 1.26 bits per heavy atom. The van der Waals surface area contributed by atoms with Gasteiger partial charge in [-0.1, -0.05) is 13.8 Å². The van der Waals surface area contributed by atoms with Crippen molar-refractivity contribution in [3.8, 4) is 5.75 Å². The summed E-state index contributed by atoms with van der Waals surface area (Å²) in [5.74, 6) is 0.437. The number of nitrogens with one attached hydrogen (secondary N) is 1. The number of carbonyl (C=O) groups excluding carboxylic acids is 1. The number of ether oxygens (including phenoxy) is 2. The van der Waals surface area contributed by atoms with Crippen molar-refractivity contribution in [2.45, 2.75) is 32.7 Å². The average molecular weight is 265 g/mol. The zero-order valence-electron chi connectivity index (χ0n) is 11.9. The highest BCUT2D eigenvalue weighted by Crippen LogP contribution is 2.12. The van der Waals surface area contributed by atoms with Crippen LogP contribution in [0.4, 0.5) is 0 Å². The molecule has 0 amide bonds. The van der Waals surface area contributed by atoms with Gasteiger partial charge in [0.15, 0.2) is 0 Å². The summed E-state index contributed by atoms with van der Waals surface area (Å²) in [5.41, 5.74) is 0.547. The first kappa shape index (κ1) is 15.5. The zero-order valence-corrected chi connectivity index (χ0v) is 11.9. The second-order valence-corrected chi connectivity index (χ2v) is 4.39. The van der Waals surface area contributed by atoms with Crippen LogP contribution in [0.15, 0.2) is 24.3 Å². The van der Waals surface area contributed by atoms with Gasteiger partial charge in [0, 0.05) is 6.04 Å². The molecule has 0 aliphatic heterocycles. The standard InChI is InChI=1S/C15H23NO3/c1-4-10-16-13(5-2)11-19-15(17)12-6-8-14(18-3)9-7-12/h6-9,13,16H,4-5,10-11H2,1-3H3. The lowest BCUT2D eigenvalue weighted by atomic mass is 10.2. The van der Waals surface area contributed by atoms with Crippen LogP contribution in [0.5, 0.6) is 5.75 Å². The van der Waals surface area contributed by atoms with Gasteiger partial charge < -0.3 is 14.8 Å². The van der Waals surface area contributed by atoms with Gasteiger partial charge in [-0.25, -0.2) is 4.79 Å². The van der Waals surface area contributed by atoms with Gasteiger partial charge in [0.1, 0.15) is 12.4 Å². The second kappa shape index (κ2) is 8.53. The lowest BCUT2D eigenvalue weighted by Crippen LogP contribution is -2.34. The molecule has 106 valence electrons. The Morgan fingerprint density at radius 3 is 2.47 bits per heavy atom. The highest BCUT2D eigenvalue weighted by atomic mass is 16.5. The van der Waals surface area contributed by atoms with Crippen LogP contribution in [0.25, 0.3) is 0 Å². The van der Waals surface area contributed by atoms with Crippen molar-refractivity contribution in [3.63, 3.8) is 0 Å². The van der Waals surface area contributed by atoms with Crippen molar-refractivity contribution in [2.24, 2.45) is 0 Å². The first-order valence-corrected chi connectivity index (χ1v) is 6.75. The minimum Gasteiger partial charge on any atom is -0.497 e. The Kier molecular flexibility index (Phi) is 6.97. The highest BCUT2D eigenvalue weighted by molar-refractivity contribution is 5.89. The van der Waals surface area contributed by atoms with Crippen molar-refractivity contribution in [1.82, 2.24) is 5.32 Å². The van der Waals surface area contributed by atoms with E-state index in [1.165, 1.54) is 0 Å². The van der Waals surface area contributed by atoms with Crippen LogP contribution in [0, 0.1) is 0 Å². The second-order valence-electron chi connectivity index (χ2n) is 4.39. The van der Waals surface area contributed by atoms with E-state index in [2.05, 4.69) is 19.2 Å². The highest BCUT2D eigenvalue weighted by Gasteiger charge is 2.11. The predicted octanol–water partition coefficient (Wildman–Crippen LogP) is 2.63. The van der Waals surface area contributed by atoms with Gasteiger partial charge >= 0.3 is 5.97 Å². The molecule has 0 fully saturated rings. The van der Waals surface area contributed by atoms with Crippen molar-refractivity contribution in [1.29, 1.82) is 0 Å². The molecule has 19 heavy (non-hydrogen) atoms. The Morgan fingerprint density at radius 2 is 1.95 bits per heavy atom. The Hall–Kier alpha value is -1.55. The molecule has 0 aliphatic rings. The van der Waals surface area contributed by atoms with Crippen molar-refractivity contribution in [3.05, 3.63) is 29.8 Å². The fourth-order valence-electron chi connectivity index (χ4n) is 1.66. The van der Waals surface area contributed by atoms with Crippen LogP contribution in [0.3, 0.4) is 0 Å². The summed E-state index contributed by atoms with van der Waals surface area (Å²) < 4.78 is 10.4. The molecule has 0 saturated heterocycles. The Balaban J connectivity index is 2.44. The summed E-state index contributed by atoms with van der Waals surface area (Å²) in [6, 6.07) is 7.15. The fourth-order valence-corrected chi connectivity index (χ4v) is 1.66. The molecule has 0 bridgehead atoms. The molecule has 4 nitrogen and oxygen atoms in total. The molecule has 1 atom stereocenters. The molecular weight excluding hydrogens is 242 g/mol. The molecule has 0 spiro atoms. The molecule has 0 heterocycles. The number of esters is 1. The molecule has 1 N–H and O–H groups in total. The minimum atomic E-state index is -0.292. The minimum absolute atomic E-state index is 0.224. The maximum absolute atomic E-state index is 11.8. The first-order chi connectivity index (χ1) is 9.21. The summed E-state index contributed by atoms with van der Waals surface area (Å²) in [6.07, 6.45) is 2.01. The number of hydrogen-bond donors (Lipinski definition) is 1. The van der Waals surface area contributed by atoms with E-state index in [1.54, 1.807) is 31.4 Å². The molecule has 1 unspecified atom stereocenters. The number of rotatable bonds is 8. The number of benzene rings is 1. The summed E-state index contributed by atoms with van der Waals surface area (Å²) >= 11 is 0. The molecular formula is C15H23NO3. The van der Waals surface area contributed by atoms with Gasteiger partial charge in [0.05, 0.1) is 12.7 Å². The third-order valence-electron chi connectivity index (χ3n) is 2.92. The first-order valence-electron chi connectivity index (χ1n) is 6.75. The third kappa shape index (κ3) is 5.30. The molecule has 0 aromatic heterocycles. The normalized spacial score (nSPS) is 11.9. The van der Waals surface area contributed by atoms with Crippen LogP contribution in [0.2, 0.25) is 0 Å². The van der Waals surface area contributed by atoms with E-state index in [9.17, 15) is 4.79 Å². The van der Waals surface area contributed by atoms with Crippen molar-refractivity contribution < 1.29 is 14.3 Å². The predicted molar refractivity (Wildman–Crippen MR) is 75.6 cm³/mol. The number of hydrogen-bond acceptors (Lipinski definition) is 4. The van der Waals surface area contributed by atoms with E-state index in [4.69, 9.17) is 9.47 Å². The largest absolute Gasteiger partial charge is 0.497 e. The van der Waals surface area contributed by atoms with Crippen LogP contribution in [0.1, 0.15) is 37.0 Å². The van der Waals surface area contributed by atoms with Gasteiger partial charge in [-0.3, -0.25) is 0 Å². The van der Waals surface area contributed by atoms with Crippen LogP contribution in [-0.2, 0) is 4.74 Å². The number of methoxy groups -OCH3 is 1. The molecule has 1 rings (SSSR count). The van der Waals surface area contributed by atoms with Crippen molar-refractivity contribution in [2.75, 3.05) is 20.3 Å². The maximum atomic E-state index is 11.8. The van der Waals surface area contributed by atoms with Crippen molar-refractivity contribution >= 4 is 5.97 Å². The molecule has 0 radical (unpaired) electrons. The van der Waals surface area contributed by atoms with Gasteiger partial charge in [-0.15, -0.1) is 0 Å². The van der Waals surface area contributed by atoms with E-state index in [0.29, 0.717) is 12.2 Å².